The fraction of sp³-hybridized carbons (Fsp3) is 1.00. The third kappa shape index (κ3) is 1.31. The lowest BCUT2D eigenvalue weighted by molar-refractivity contribution is 0.892. The van der Waals surface area contributed by atoms with E-state index in [9.17, 15) is 0 Å². The first-order valence-electron chi connectivity index (χ1n) is 4.33. The van der Waals surface area contributed by atoms with Crippen molar-refractivity contribution >= 4 is 35.1 Å². The van der Waals surface area contributed by atoms with Crippen molar-refractivity contribution in [3.63, 3.8) is 0 Å². The summed E-state index contributed by atoms with van der Waals surface area (Å²) >= 11 is 11.6. The summed E-state index contributed by atoms with van der Waals surface area (Å²) in [6, 6.07) is 0. The fourth-order valence-electron chi connectivity index (χ4n) is 2.24. The van der Waals surface area contributed by atoms with Gasteiger partial charge in [0.15, 0.2) is 0 Å². The molecule has 0 saturated carbocycles. The van der Waals surface area contributed by atoms with Crippen LogP contribution < -0.4 is 0 Å². The van der Waals surface area contributed by atoms with Gasteiger partial charge in [0.1, 0.15) is 0 Å². The molecule has 2 aliphatic rings. The van der Waals surface area contributed by atoms with Crippen molar-refractivity contribution in [2.75, 3.05) is 24.6 Å². The molecule has 0 aromatic carbocycles. The summed E-state index contributed by atoms with van der Waals surface area (Å²) in [7, 11) is 0. The second-order valence-electron chi connectivity index (χ2n) is 3.65. The van der Waals surface area contributed by atoms with E-state index in [2.05, 4.69) is 0 Å². The SMILES string of the molecule is S=[P@@]12CCCC[P@]1(=S)CCC2. The Morgan fingerprint density at radius 3 is 1.45 bits per heavy atom. The van der Waals surface area contributed by atoms with Crippen LogP contribution in [0.3, 0.4) is 0 Å². The fourth-order valence-corrected chi connectivity index (χ4v) is 17.7. The molecular weight excluding hydrogens is 210 g/mol. The molecule has 0 nitrogen and oxygen atoms in total. The average molecular weight is 224 g/mol. The van der Waals surface area contributed by atoms with Crippen LogP contribution in [-0.4, -0.2) is 24.6 Å². The van der Waals surface area contributed by atoms with Gasteiger partial charge in [-0.1, -0.05) is 23.6 Å². The molecule has 0 aliphatic carbocycles. The normalized spacial score (nSPS) is 50.5. The quantitative estimate of drug-likeness (QED) is 0.580. The monoisotopic (exact) mass is 224 g/mol. The predicted octanol–water partition coefficient (Wildman–Crippen LogP) is 3.06. The van der Waals surface area contributed by atoms with Gasteiger partial charge in [-0.25, -0.2) is 0 Å². The zero-order valence-corrected chi connectivity index (χ0v) is 10.1. The number of fused-ring (bicyclic) bond motifs is 1. The molecule has 2 heterocycles. The molecule has 0 unspecified atom stereocenters. The van der Waals surface area contributed by atoms with E-state index in [-0.39, 0.29) is 0 Å². The highest BCUT2D eigenvalue weighted by molar-refractivity contribution is 8.66. The van der Waals surface area contributed by atoms with Crippen LogP contribution in [0.15, 0.2) is 0 Å². The van der Waals surface area contributed by atoms with Gasteiger partial charge < -0.3 is 0 Å². The summed E-state index contributed by atoms with van der Waals surface area (Å²) < 4.78 is 0. The van der Waals surface area contributed by atoms with Crippen molar-refractivity contribution in [1.29, 1.82) is 0 Å². The summed E-state index contributed by atoms with van der Waals surface area (Å²) in [5.41, 5.74) is -1.85. The van der Waals surface area contributed by atoms with Crippen molar-refractivity contribution in [3.8, 4) is 0 Å². The van der Waals surface area contributed by atoms with E-state index in [1.54, 1.807) is 0 Å². The van der Waals surface area contributed by atoms with Crippen LogP contribution in [0.1, 0.15) is 19.3 Å². The Bertz CT molecular complexity index is 233. The van der Waals surface area contributed by atoms with Gasteiger partial charge in [0.05, 0.1) is 0 Å². The van der Waals surface area contributed by atoms with Gasteiger partial charge in [-0.3, -0.25) is 0 Å². The number of hydrogen-bond donors (Lipinski definition) is 0. The highest BCUT2D eigenvalue weighted by atomic mass is 32.8. The lowest BCUT2D eigenvalue weighted by Gasteiger charge is -2.32. The molecule has 2 fully saturated rings. The average Bonchev–Trinajstić information content (AvgIpc) is 2.25. The van der Waals surface area contributed by atoms with Crippen molar-refractivity contribution in [2.45, 2.75) is 19.3 Å². The molecule has 0 bridgehead atoms. The van der Waals surface area contributed by atoms with E-state index < -0.39 is 11.5 Å². The van der Waals surface area contributed by atoms with E-state index in [1.807, 2.05) is 0 Å². The van der Waals surface area contributed by atoms with Gasteiger partial charge in [-0.15, -0.1) is 0 Å². The molecule has 0 aromatic heterocycles. The first-order chi connectivity index (χ1) is 5.16. The van der Waals surface area contributed by atoms with Crippen molar-refractivity contribution in [1.82, 2.24) is 0 Å². The highest BCUT2D eigenvalue weighted by Crippen LogP contribution is 2.87. The predicted molar refractivity (Wildman–Crippen MR) is 61.9 cm³/mol. The van der Waals surface area contributed by atoms with E-state index in [1.165, 1.54) is 43.9 Å². The van der Waals surface area contributed by atoms with E-state index in [0.717, 1.165) is 0 Å². The molecule has 0 radical (unpaired) electrons. The largest absolute Gasteiger partial charge is 0.0919 e. The standard InChI is InChI=1S/C7H14P2S2/c10-8-4-1-2-5-9(8,11)7-3-6-8/h1-7H2/t8-,9+. The van der Waals surface area contributed by atoms with Crippen LogP contribution in [0.2, 0.25) is 0 Å². The van der Waals surface area contributed by atoms with Crippen molar-refractivity contribution < 1.29 is 0 Å². The second kappa shape index (κ2) is 2.91. The zero-order chi connectivity index (χ0) is 7.95. The lowest BCUT2D eigenvalue weighted by atomic mass is 10.4. The summed E-state index contributed by atoms with van der Waals surface area (Å²) in [6.45, 7) is 0. The van der Waals surface area contributed by atoms with Crippen LogP contribution in [0.4, 0.5) is 0 Å². The molecule has 0 amide bonds. The van der Waals surface area contributed by atoms with Crippen LogP contribution in [0.5, 0.6) is 0 Å². The minimum atomic E-state index is -0.927. The van der Waals surface area contributed by atoms with Gasteiger partial charge in [0.2, 0.25) is 0 Å². The Morgan fingerprint density at radius 2 is 1.00 bits per heavy atom. The molecule has 0 N–H and O–H groups in total. The minimum Gasteiger partial charge on any atom is -0.0919 e. The summed E-state index contributed by atoms with van der Waals surface area (Å²) in [5.74, 6) is 0. The Labute approximate surface area is 79.1 Å². The number of hydrogen-bond acceptors (Lipinski definition) is 2. The molecule has 2 saturated heterocycles. The third-order valence-electron chi connectivity index (χ3n) is 2.94. The lowest BCUT2D eigenvalue weighted by Crippen LogP contribution is -2.01. The molecule has 0 aromatic rings. The van der Waals surface area contributed by atoms with Gasteiger partial charge in [0, 0.05) is 0 Å². The molecule has 2 rings (SSSR count). The number of rotatable bonds is 0. The van der Waals surface area contributed by atoms with E-state index >= 15 is 0 Å². The van der Waals surface area contributed by atoms with Gasteiger partial charge in [-0.2, -0.15) is 0 Å². The zero-order valence-electron chi connectivity index (χ0n) is 6.66. The molecule has 0 spiro atoms. The molecule has 64 valence electrons. The van der Waals surface area contributed by atoms with E-state index in [0.29, 0.717) is 0 Å². The Hall–Kier alpha value is 1.30. The Morgan fingerprint density at radius 1 is 0.636 bits per heavy atom. The maximum absolute atomic E-state index is 5.81. The molecule has 2 atom stereocenters. The van der Waals surface area contributed by atoms with Crippen LogP contribution in [-0.2, 0) is 23.6 Å². The molecule has 4 heteroatoms. The third-order valence-corrected chi connectivity index (χ3v) is 23.5. The van der Waals surface area contributed by atoms with E-state index in [4.69, 9.17) is 23.6 Å². The van der Waals surface area contributed by atoms with Crippen LogP contribution in [0, 0.1) is 0 Å². The maximum Gasteiger partial charge on any atom is -0.0129 e. The summed E-state index contributed by atoms with van der Waals surface area (Å²) in [6.07, 6.45) is 9.68. The highest BCUT2D eigenvalue weighted by Gasteiger charge is 2.40. The first-order valence-corrected chi connectivity index (χ1v) is 11.4. The molecule has 11 heavy (non-hydrogen) atoms. The topological polar surface area (TPSA) is 0 Å². The smallest absolute Gasteiger partial charge is 0.0129 e. The van der Waals surface area contributed by atoms with Gasteiger partial charge in [-0.05, 0) is 55.4 Å². The van der Waals surface area contributed by atoms with Crippen LogP contribution in [0.25, 0.3) is 0 Å². The Balaban J connectivity index is 2.39. The van der Waals surface area contributed by atoms with Gasteiger partial charge in [0.25, 0.3) is 0 Å². The summed E-state index contributed by atoms with van der Waals surface area (Å²) in [4.78, 5) is 0. The Kier molecular flexibility index (Phi) is 2.35. The molecule has 2 aliphatic heterocycles. The van der Waals surface area contributed by atoms with Crippen molar-refractivity contribution in [2.24, 2.45) is 0 Å². The minimum absolute atomic E-state index is 0.927. The second-order valence-corrected chi connectivity index (χ2v) is 19.2. The molecular formula is C7H14P2S2. The van der Waals surface area contributed by atoms with Crippen molar-refractivity contribution in [3.05, 3.63) is 0 Å². The first kappa shape index (κ1) is 8.88. The van der Waals surface area contributed by atoms with Gasteiger partial charge >= 0.3 is 0 Å². The maximum atomic E-state index is 5.81. The summed E-state index contributed by atoms with van der Waals surface area (Å²) in [5, 5.41) is 0. The van der Waals surface area contributed by atoms with Crippen LogP contribution >= 0.6 is 11.5 Å².